The molecule has 9 nitrogen and oxygen atoms in total. The van der Waals surface area contributed by atoms with Crippen LogP contribution in [-0.2, 0) is 0 Å². The highest BCUT2D eigenvalue weighted by molar-refractivity contribution is 5.68. The van der Waals surface area contributed by atoms with Gasteiger partial charge >= 0.3 is 6.01 Å². The van der Waals surface area contributed by atoms with Crippen LogP contribution in [0.5, 0.6) is 5.88 Å². The van der Waals surface area contributed by atoms with E-state index in [4.69, 9.17) is 9.15 Å². The molecule has 0 amide bonds. The summed E-state index contributed by atoms with van der Waals surface area (Å²) in [4.78, 5) is 14.4. The summed E-state index contributed by atoms with van der Waals surface area (Å²) in [6, 6.07) is 4.01. The Morgan fingerprint density at radius 1 is 1.13 bits per heavy atom. The van der Waals surface area contributed by atoms with Crippen LogP contribution < -0.4 is 15.0 Å². The maximum Gasteiger partial charge on any atom is 0.321 e. The normalized spacial score (nSPS) is 10.4. The van der Waals surface area contributed by atoms with Crippen LogP contribution >= 0.6 is 0 Å². The number of rotatable bonds is 5. The van der Waals surface area contributed by atoms with Gasteiger partial charge in [-0.3, -0.25) is 5.32 Å². The molecule has 1 N–H and O–H groups in total. The molecule has 0 fully saturated rings. The summed E-state index contributed by atoms with van der Waals surface area (Å²) >= 11 is 0. The topological polar surface area (TPSA) is 102 Å². The average molecular weight is 313 g/mol. The minimum absolute atomic E-state index is 0.222. The molecule has 3 aromatic heterocycles. The van der Waals surface area contributed by atoms with Crippen LogP contribution in [0.1, 0.15) is 0 Å². The van der Waals surface area contributed by atoms with Gasteiger partial charge in [0.15, 0.2) is 5.82 Å². The third-order valence-corrected chi connectivity index (χ3v) is 2.97. The number of nitrogens with one attached hydrogen (secondary N) is 1. The van der Waals surface area contributed by atoms with Crippen molar-refractivity contribution >= 4 is 17.5 Å². The van der Waals surface area contributed by atoms with Crippen LogP contribution in [0.3, 0.4) is 0 Å². The lowest BCUT2D eigenvalue weighted by Gasteiger charge is -2.15. The maximum atomic E-state index is 5.55. The molecule has 23 heavy (non-hydrogen) atoms. The first kappa shape index (κ1) is 14.7. The first-order valence-corrected chi connectivity index (χ1v) is 6.76. The van der Waals surface area contributed by atoms with Crippen LogP contribution in [0.2, 0.25) is 0 Å². The quantitative estimate of drug-likeness (QED) is 0.754. The van der Waals surface area contributed by atoms with Gasteiger partial charge < -0.3 is 14.1 Å². The van der Waals surface area contributed by atoms with Crippen molar-refractivity contribution in [3.8, 4) is 17.5 Å². The summed E-state index contributed by atoms with van der Waals surface area (Å²) in [6.45, 7) is 0. The van der Waals surface area contributed by atoms with Crippen LogP contribution in [0.25, 0.3) is 11.6 Å². The summed E-state index contributed by atoms with van der Waals surface area (Å²) in [7, 11) is 5.37. The van der Waals surface area contributed by atoms with E-state index in [9.17, 15) is 0 Å². The van der Waals surface area contributed by atoms with Gasteiger partial charge in [0.25, 0.3) is 5.89 Å². The third kappa shape index (κ3) is 3.18. The van der Waals surface area contributed by atoms with Gasteiger partial charge in [0, 0.05) is 20.3 Å². The van der Waals surface area contributed by atoms with Gasteiger partial charge in [-0.25, -0.2) is 15.0 Å². The van der Waals surface area contributed by atoms with Crippen LogP contribution in [0.15, 0.2) is 35.1 Å². The Balaban J connectivity index is 1.82. The summed E-state index contributed by atoms with van der Waals surface area (Å²) in [5, 5.41) is 10.9. The third-order valence-electron chi connectivity index (χ3n) is 2.97. The van der Waals surface area contributed by atoms with E-state index in [2.05, 4.69) is 30.5 Å². The molecule has 0 radical (unpaired) electrons. The van der Waals surface area contributed by atoms with Crippen molar-refractivity contribution in [2.45, 2.75) is 0 Å². The fourth-order valence-electron chi connectivity index (χ4n) is 1.86. The maximum absolute atomic E-state index is 5.55. The molecule has 0 spiro atoms. The number of methoxy groups -OCH3 is 1. The highest BCUT2D eigenvalue weighted by atomic mass is 16.5. The number of pyridine rings is 1. The first-order chi connectivity index (χ1) is 11.2. The second-order valence-corrected chi connectivity index (χ2v) is 4.75. The Kier molecular flexibility index (Phi) is 4.00. The fourth-order valence-corrected chi connectivity index (χ4v) is 1.86. The summed E-state index contributed by atoms with van der Waals surface area (Å²) < 4.78 is 10.5. The SMILES string of the molecule is COc1cnc(-c2nnc(Nc3ncccc3N(C)C)o2)cn1. The lowest BCUT2D eigenvalue weighted by Crippen LogP contribution is -2.11. The molecule has 0 atom stereocenters. The van der Waals surface area contributed by atoms with E-state index in [-0.39, 0.29) is 11.9 Å². The number of ether oxygens (including phenoxy) is 1. The second-order valence-electron chi connectivity index (χ2n) is 4.75. The van der Waals surface area contributed by atoms with Crippen LogP contribution in [0, 0.1) is 0 Å². The van der Waals surface area contributed by atoms with Crippen molar-refractivity contribution in [2.24, 2.45) is 0 Å². The molecular formula is C14H15N7O2. The van der Waals surface area contributed by atoms with E-state index in [1.54, 1.807) is 6.20 Å². The van der Waals surface area contributed by atoms with Gasteiger partial charge in [0.1, 0.15) is 5.69 Å². The molecule has 0 aromatic carbocycles. The highest BCUT2D eigenvalue weighted by Gasteiger charge is 2.13. The molecule has 0 aliphatic heterocycles. The second kappa shape index (κ2) is 6.26. The van der Waals surface area contributed by atoms with Crippen LogP contribution in [0.4, 0.5) is 17.5 Å². The Morgan fingerprint density at radius 3 is 2.70 bits per heavy atom. The minimum Gasteiger partial charge on any atom is -0.480 e. The number of hydrogen-bond donors (Lipinski definition) is 1. The van der Waals surface area contributed by atoms with E-state index in [1.165, 1.54) is 19.5 Å². The van der Waals surface area contributed by atoms with Gasteiger partial charge in [0.05, 0.1) is 25.2 Å². The Bertz CT molecular complexity index is 786. The van der Waals surface area contributed by atoms with E-state index >= 15 is 0 Å². The zero-order valence-electron chi connectivity index (χ0n) is 12.9. The van der Waals surface area contributed by atoms with Crippen molar-refractivity contribution in [3.63, 3.8) is 0 Å². The van der Waals surface area contributed by atoms with Crippen molar-refractivity contribution in [1.82, 2.24) is 25.1 Å². The average Bonchev–Trinajstić information content (AvgIpc) is 3.04. The summed E-state index contributed by atoms with van der Waals surface area (Å²) in [5.74, 6) is 1.29. The standard InChI is InChI=1S/C14H15N7O2/c1-21(2)10-5-4-6-15-12(10)18-14-20-19-13(23-14)9-7-17-11(22-3)8-16-9/h4-8H,1-3H3,(H,15,18,20). The van der Waals surface area contributed by atoms with Crippen LogP contribution in [-0.4, -0.2) is 46.4 Å². The van der Waals surface area contributed by atoms with Gasteiger partial charge in [-0.05, 0) is 12.1 Å². The highest BCUT2D eigenvalue weighted by Crippen LogP contribution is 2.25. The number of anilines is 3. The molecule has 0 saturated heterocycles. The lowest BCUT2D eigenvalue weighted by molar-refractivity contribution is 0.395. The first-order valence-electron chi connectivity index (χ1n) is 6.76. The predicted octanol–water partition coefficient (Wildman–Crippen LogP) is 1.74. The minimum atomic E-state index is 0.222. The van der Waals surface area contributed by atoms with Gasteiger partial charge in [-0.15, -0.1) is 5.10 Å². The molecule has 3 rings (SSSR count). The fraction of sp³-hybridized carbons (Fsp3) is 0.214. The monoisotopic (exact) mass is 313 g/mol. The van der Waals surface area contributed by atoms with Crippen molar-refractivity contribution in [1.29, 1.82) is 0 Å². The largest absolute Gasteiger partial charge is 0.480 e. The van der Waals surface area contributed by atoms with Crippen molar-refractivity contribution in [3.05, 3.63) is 30.7 Å². The smallest absolute Gasteiger partial charge is 0.321 e. The van der Waals surface area contributed by atoms with E-state index < -0.39 is 0 Å². The molecule has 3 heterocycles. The molecule has 9 heteroatoms. The van der Waals surface area contributed by atoms with E-state index in [0.717, 1.165) is 5.69 Å². The Hall–Kier alpha value is -3.23. The van der Waals surface area contributed by atoms with Crippen molar-refractivity contribution in [2.75, 3.05) is 31.4 Å². The Morgan fingerprint density at radius 2 is 2.00 bits per heavy atom. The molecule has 0 aliphatic carbocycles. The van der Waals surface area contributed by atoms with Gasteiger partial charge in [0.2, 0.25) is 5.88 Å². The molecule has 0 aliphatic rings. The summed E-state index contributed by atoms with van der Waals surface area (Å²) in [5.41, 5.74) is 1.36. The summed E-state index contributed by atoms with van der Waals surface area (Å²) in [6.07, 6.45) is 4.67. The molecule has 0 bridgehead atoms. The molecule has 0 saturated carbocycles. The molecular weight excluding hydrogens is 298 g/mol. The zero-order valence-corrected chi connectivity index (χ0v) is 12.9. The Labute approximate surface area is 132 Å². The van der Waals surface area contributed by atoms with E-state index in [1.807, 2.05) is 31.1 Å². The van der Waals surface area contributed by atoms with Crippen molar-refractivity contribution < 1.29 is 9.15 Å². The molecule has 3 aromatic rings. The van der Waals surface area contributed by atoms with Gasteiger partial charge in [-0.1, -0.05) is 5.10 Å². The lowest BCUT2D eigenvalue weighted by atomic mass is 10.3. The number of hydrogen-bond acceptors (Lipinski definition) is 9. The van der Waals surface area contributed by atoms with Gasteiger partial charge in [-0.2, -0.15) is 0 Å². The molecule has 0 unspecified atom stereocenters. The van der Waals surface area contributed by atoms with E-state index in [0.29, 0.717) is 17.4 Å². The number of nitrogens with zero attached hydrogens (tertiary/aromatic N) is 6. The predicted molar refractivity (Wildman–Crippen MR) is 83.7 cm³/mol. The zero-order chi connectivity index (χ0) is 16.2. The molecule has 118 valence electrons. The number of aromatic nitrogens is 5.